The number of benzene rings is 2. The van der Waals surface area contributed by atoms with Crippen LogP contribution in [0.15, 0.2) is 48.5 Å². The molecular formula is C14H10O4. The van der Waals surface area contributed by atoms with Gasteiger partial charge in [0.2, 0.25) is 0 Å². The number of carbonyl (C=O) groups is 2. The molecule has 90 valence electrons. The number of carboxylic acid groups (broad SMARTS) is 1. The van der Waals surface area contributed by atoms with Crippen LogP contribution in [0.25, 0.3) is 0 Å². The standard InChI is InChI=1S/C14H10O4/c15-9-11-3-1-2-4-13(11)18-12-7-5-10(6-8-12)14(16)17/h1-9H,(H,16,17). The molecule has 0 aromatic heterocycles. The Morgan fingerprint density at radius 3 is 2.33 bits per heavy atom. The van der Waals surface area contributed by atoms with Gasteiger partial charge in [-0.2, -0.15) is 0 Å². The first kappa shape index (κ1) is 11.9. The zero-order valence-electron chi connectivity index (χ0n) is 9.37. The number of aldehydes is 1. The second kappa shape index (κ2) is 5.14. The highest BCUT2D eigenvalue weighted by atomic mass is 16.5. The molecule has 2 aromatic carbocycles. The Morgan fingerprint density at radius 1 is 1.06 bits per heavy atom. The summed E-state index contributed by atoms with van der Waals surface area (Å²) in [6.45, 7) is 0. The van der Waals surface area contributed by atoms with Crippen LogP contribution in [0.2, 0.25) is 0 Å². The summed E-state index contributed by atoms with van der Waals surface area (Å²) in [5, 5.41) is 8.76. The summed E-state index contributed by atoms with van der Waals surface area (Å²) in [5.41, 5.74) is 0.630. The molecule has 2 rings (SSSR count). The van der Waals surface area contributed by atoms with Crippen LogP contribution in [0.5, 0.6) is 11.5 Å². The highest BCUT2D eigenvalue weighted by Crippen LogP contribution is 2.24. The predicted molar refractivity (Wildman–Crippen MR) is 65.3 cm³/mol. The molecule has 0 unspecified atom stereocenters. The minimum Gasteiger partial charge on any atom is -0.478 e. The van der Waals surface area contributed by atoms with Gasteiger partial charge in [0.15, 0.2) is 6.29 Å². The summed E-state index contributed by atoms with van der Waals surface area (Å²) in [7, 11) is 0. The Balaban J connectivity index is 2.23. The Hall–Kier alpha value is -2.62. The molecule has 4 heteroatoms. The van der Waals surface area contributed by atoms with E-state index in [4.69, 9.17) is 9.84 Å². The normalized spacial score (nSPS) is 9.78. The van der Waals surface area contributed by atoms with Crippen LogP contribution in [0.3, 0.4) is 0 Å². The maximum absolute atomic E-state index is 10.8. The molecule has 1 N–H and O–H groups in total. The molecule has 0 spiro atoms. The third-order valence-electron chi connectivity index (χ3n) is 2.38. The highest BCUT2D eigenvalue weighted by Gasteiger charge is 2.05. The van der Waals surface area contributed by atoms with Crippen molar-refractivity contribution in [3.63, 3.8) is 0 Å². The molecule has 0 saturated heterocycles. The monoisotopic (exact) mass is 242 g/mol. The van der Waals surface area contributed by atoms with Crippen molar-refractivity contribution in [3.8, 4) is 11.5 Å². The fraction of sp³-hybridized carbons (Fsp3) is 0. The zero-order chi connectivity index (χ0) is 13.0. The molecule has 0 radical (unpaired) electrons. The summed E-state index contributed by atoms with van der Waals surface area (Å²) in [6.07, 6.45) is 0.709. The lowest BCUT2D eigenvalue weighted by Gasteiger charge is -2.07. The number of para-hydroxylation sites is 1. The van der Waals surface area contributed by atoms with Gasteiger partial charge in [0.25, 0.3) is 0 Å². The first-order valence-electron chi connectivity index (χ1n) is 5.26. The van der Waals surface area contributed by atoms with E-state index in [9.17, 15) is 9.59 Å². The van der Waals surface area contributed by atoms with Crippen LogP contribution in [0.4, 0.5) is 0 Å². The lowest BCUT2D eigenvalue weighted by atomic mass is 10.2. The third kappa shape index (κ3) is 2.55. The average molecular weight is 242 g/mol. The summed E-state index contributed by atoms with van der Waals surface area (Å²) >= 11 is 0. The van der Waals surface area contributed by atoms with Gasteiger partial charge < -0.3 is 9.84 Å². The van der Waals surface area contributed by atoms with Gasteiger partial charge in [-0.05, 0) is 36.4 Å². The first-order valence-corrected chi connectivity index (χ1v) is 5.26. The number of aromatic carboxylic acids is 1. The molecule has 0 heterocycles. The molecule has 0 aliphatic carbocycles. The van der Waals surface area contributed by atoms with Crippen molar-refractivity contribution in [1.82, 2.24) is 0 Å². The van der Waals surface area contributed by atoms with Crippen molar-refractivity contribution < 1.29 is 19.4 Å². The van der Waals surface area contributed by atoms with Crippen LogP contribution in [0, 0.1) is 0 Å². The Kier molecular flexibility index (Phi) is 3.38. The Labute approximate surface area is 103 Å². The van der Waals surface area contributed by atoms with E-state index < -0.39 is 5.97 Å². The van der Waals surface area contributed by atoms with Crippen LogP contribution >= 0.6 is 0 Å². The molecule has 0 aliphatic rings. The molecule has 0 amide bonds. The summed E-state index contributed by atoms with van der Waals surface area (Å²) in [6, 6.07) is 12.8. The van der Waals surface area contributed by atoms with E-state index in [1.807, 2.05) is 0 Å². The maximum Gasteiger partial charge on any atom is 0.335 e. The van der Waals surface area contributed by atoms with Crippen LogP contribution in [-0.2, 0) is 0 Å². The topological polar surface area (TPSA) is 63.6 Å². The number of hydrogen-bond acceptors (Lipinski definition) is 3. The quantitative estimate of drug-likeness (QED) is 0.837. The van der Waals surface area contributed by atoms with Crippen molar-refractivity contribution in [2.24, 2.45) is 0 Å². The molecule has 0 fully saturated rings. The van der Waals surface area contributed by atoms with Crippen molar-refractivity contribution in [3.05, 3.63) is 59.7 Å². The lowest BCUT2D eigenvalue weighted by molar-refractivity contribution is 0.0696. The highest BCUT2D eigenvalue weighted by molar-refractivity contribution is 5.87. The summed E-state index contributed by atoms with van der Waals surface area (Å²) in [4.78, 5) is 21.5. The second-order valence-corrected chi connectivity index (χ2v) is 3.59. The molecular weight excluding hydrogens is 232 g/mol. The smallest absolute Gasteiger partial charge is 0.335 e. The summed E-state index contributed by atoms with van der Waals surface area (Å²) < 4.78 is 5.51. The fourth-order valence-corrected chi connectivity index (χ4v) is 1.46. The Bertz CT molecular complexity index is 573. The molecule has 4 nitrogen and oxygen atoms in total. The van der Waals surface area contributed by atoms with Crippen LogP contribution in [-0.4, -0.2) is 17.4 Å². The molecule has 0 bridgehead atoms. The lowest BCUT2D eigenvalue weighted by Crippen LogP contribution is -1.95. The van der Waals surface area contributed by atoms with Crippen LogP contribution in [0.1, 0.15) is 20.7 Å². The maximum atomic E-state index is 10.8. The fourth-order valence-electron chi connectivity index (χ4n) is 1.46. The number of hydrogen-bond donors (Lipinski definition) is 1. The molecule has 18 heavy (non-hydrogen) atoms. The number of ether oxygens (including phenoxy) is 1. The minimum absolute atomic E-state index is 0.186. The van der Waals surface area contributed by atoms with Gasteiger partial charge in [-0.1, -0.05) is 12.1 Å². The number of carbonyl (C=O) groups excluding carboxylic acids is 1. The number of carboxylic acids is 1. The average Bonchev–Trinajstić information content (AvgIpc) is 2.40. The van der Waals surface area contributed by atoms with E-state index in [1.165, 1.54) is 12.1 Å². The second-order valence-electron chi connectivity index (χ2n) is 3.59. The van der Waals surface area contributed by atoms with Crippen molar-refractivity contribution in [2.75, 3.05) is 0 Å². The zero-order valence-corrected chi connectivity index (χ0v) is 9.37. The SMILES string of the molecule is O=Cc1ccccc1Oc1ccc(C(=O)O)cc1. The largest absolute Gasteiger partial charge is 0.478 e. The third-order valence-corrected chi connectivity index (χ3v) is 2.38. The van der Waals surface area contributed by atoms with E-state index in [0.29, 0.717) is 23.3 Å². The molecule has 2 aromatic rings. The van der Waals surface area contributed by atoms with Crippen molar-refractivity contribution in [2.45, 2.75) is 0 Å². The van der Waals surface area contributed by atoms with E-state index in [1.54, 1.807) is 36.4 Å². The van der Waals surface area contributed by atoms with Crippen molar-refractivity contribution in [1.29, 1.82) is 0 Å². The van der Waals surface area contributed by atoms with E-state index in [2.05, 4.69) is 0 Å². The molecule has 0 atom stereocenters. The van der Waals surface area contributed by atoms with Gasteiger partial charge in [-0.25, -0.2) is 4.79 Å². The van der Waals surface area contributed by atoms with Gasteiger partial charge in [-0.3, -0.25) is 4.79 Å². The molecule has 0 aliphatic heterocycles. The number of rotatable bonds is 4. The predicted octanol–water partition coefficient (Wildman–Crippen LogP) is 2.99. The van der Waals surface area contributed by atoms with Gasteiger partial charge in [0.1, 0.15) is 11.5 Å². The van der Waals surface area contributed by atoms with Gasteiger partial charge in [0.05, 0.1) is 11.1 Å². The van der Waals surface area contributed by atoms with E-state index >= 15 is 0 Å². The minimum atomic E-state index is -0.991. The Morgan fingerprint density at radius 2 is 1.72 bits per heavy atom. The van der Waals surface area contributed by atoms with E-state index in [0.717, 1.165) is 0 Å². The molecule has 0 saturated carbocycles. The van der Waals surface area contributed by atoms with Gasteiger partial charge in [0, 0.05) is 0 Å². The van der Waals surface area contributed by atoms with Gasteiger partial charge >= 0.3 is 5.97 Å². The van der Waals surface area contributed by atoms with Crippen molar-refractivity contribution >= 4 is 12.3 Å². The van der Waals surface area contributed by atoms with Crippen LogP contribution < -0.4 is 4.74 Å². The van der Waals surface area contributed by atoms with E-state index in [-0.39, 0.29) is 5.56 Å². The summed E-state index contributed by atoms with van der Waals surface area (Å²) in [5.74, 6) is -0.0697. The van der Waals surface area contributed by atoms with Gasteiger partial charge in [-0.15, -0.1) is 0 Å². The first-order chi connectivity index (χ1) is 8.70.